The fourth-order valence-electron chi connectivity index (χ4n) is 1.53. The van der Waals surface area contributed by atoms with Crippen LogP contribution in [0.25, 0.3) is 0 Å². The Morgan fingerprint density at radius 3 is 1.45 bits per heavy atom. The van der Waals surface area contributed by atoms with Gasteiger partial charge in [-0.25, -0.2) is 0 Å². The Kier molecular flexibility index (Phi) is 5.39. The largest absolute Gasteiger partial charge is 0.437 e. The van der Waals surface area contributed by atoms with E-state index < -0.39 is 34.9 Å². The summed E-state index contributed by atoms with van der Waals surface area (Å²) in [4.78, 5) is 8.18. The van der Waals surface area contributed by atoms with E-state index in [1.807, 2.05) is 0 Å². The Balaban J connectivity index is 3.41. The highest BCUT2D eigenvalue weighted by atomic mass is 19.4. The summed E-state index contributed by atoms with van der Waals surface area (Å²) in [7, 11) is 1.78. The summed E-state index contributed by atoms with van der Waals surface area (Å²) < 4.78 is 76.9. The van der Waals surface area contributed by atoms with Gasteiger partial charge in [0, 0.05) is 11.1 Å². The van der Waals surface area contributed by atoms with Crippen LogP contribution in [0.1, 0.15) is 11.1 Å². The van der Waals surface area contributed by atoms with Crippen molar-refractivity contribution in [1.82, 2.24) is 0 Å². The van der Waals surface area contributed by atoms with E-state index in [0.29, 0.717) is 6.07 Å². The van der Waals surface area contributed by atoms with Gasteiger partial charge in [0.05, 0.1) is 0 Å². The van der Waals surface area contributed by atoms with Crippen molar-refractivity contribution in [2.45, 2.75) is 12.4 Å². The molecule has 122 valence electrons. The van der Waals surface area contributed by atoms with Crippen molar-refractivity contribution in [2.24, 2.45) is 10.3 Å². The smallest absolute Gasteiger partial charge is 0.399 e. The van der Waals surface area contributed by atoms with E-state index in [-0.39, 0.29) is 0 Å². The topological polar surface area (TPSA) is 43.2 Å². The maximum atomic E-state index is 12.8. The zero-order valence-corrected chi connectivity index (χ0v) is 11.3. The summed E-state index contributed by atoms with van der Waals surface area (Å²) in [5.41, 5.74) is -4.12. The fraction of sp³-hybridized carbons (Fsp3) is 0.333. The average Bonchev–Trinajstić information content (AvgIpc) is 2.39. The quantitative estimate of drug-likeness (QED) is 0.482. The van der Waals surface area contributed by atoms with Gasteiger partial charge in [0.25, 0.3) is 0 Å². The van der Waals surface area contributed by atoms with Crippen LogP contribution in [0.5, 0.6) is 0 Å². The molecule has 0 amide bonds. The molecule has 0 fully saturated rings. The molecule has 0 radical (unpaired) electrons. The Morgan fingerprint density at radius 1 is 0.818 bits per heavy atom. The summed E-state index contributed by atoms with van der Waals surface area (Å²) in [5.74, 6) is 0. The number of halogens is 6. The van der Waals surface area contributed by atoms with Gasteiger partial charge < -0.3 is 9.68 Å². The lowest BCUT2D eigenvalue weighted by Crippen LogP contribution is -2.27. The molecule has 0 aliphatic rings. The van der Waals surface area contributed by atoms with Crippen molar-refractivity contribution < 1.29 is 36.0 Å². The Bertz CT molecular complexity index is 530. The molecule has 4 nitrogen and oxygen atoms in total. The third-order valence-electron chi connectivity index (χ3n) is 2.31. The first kappa shape index (κ1) is 17.8. The second kappa shape index (κ2) is 6.67. The van der Waals surface area contributed by atoms with Crippen LogP contribution >= 0.6 is 0 Å². The van der Waals surface area contributed by atoms with E-state index in [2.05, 4.69) is 20.0 Å². The lowest BCUT2D eigenvalue weighted by molar-refractivity contribution is -0.0613. The van der Waals surface area contributed by atoms with Crippen LogP contribution in [0.3, 0.4) is 0 Å². The highest BCUT2D eigenvalue weighted by molar-refractivity contribution is 6.09. The maximum absolute atomic E-state index is 12.8. The van der Waals surface area contributed by atoms with Crippen LogP contribution in [0.4, 0.5) is 26.3 Å². The molecule has 0 bridgehead atoms. The van der Waals surface area contributed by atoms with E-state index in [9.17, 15) is 26.3 Å². The lowest BCUT2D eigenvalue weighted by atomic mass is 10.0. The number of oxime groups is 2. The second-order valence-electron chi connectivity index (χ2n) is 3.82. The van der Waals surface area contributed by atoms with Crippen LogP contribution < -0.4 is 0 Å². The molecule has 1 rings (SSSR count). The van der Waals surface area contributed by atoms with Crippen LogP contribution in [-0.2, 0) is 9.68 Å². The van der Waals surface area contributed by atoms with E-state index >= 15 is 0 Å². The van der Waals surface area contributed by atoms with Gasteiger partial charge in [0.15, 0.2) is 11.4 Å². The first-order valence-corrected chi connectivity index (χ1v) is 5.58. The van der Waals surface area contributed by atoms with Crippen molar-refractivity contribution in [3.8, 4) is 0 Å². The Morgan fingerprint density at radius 2 is 1.18 bits per heavy atom. The monoisotopic (exact) mass is 328 g/mol. The van der Waals surface area contributed by atoms with Crippen molar-refractivity contribution in [1.29, 1.82) is 0 Å². The highest BCUT2D eigenvalue weighted by Crippen LogP contribution is 2.27. The summed E-state index contributed by atoms with van der Waals surface area (Å²) in [6.07, 6.45) is -9.79. The lowest BCUT2D eigenvalue weighted by Gasteiger charge is -2.13. The molecule has 0 spiro atoms. The number of hydrogen-bond acceptors (Lipinski definition) is 4. The van der Waals surface area contributed by atoms with Crippen LogP contribution in [0.15, 0.2) is 34.6 Å². The number of nitrogens with zero attached hydrogens (tertiary/aromatic N) is 2. The minimum Gasteiger partial charge on any atom is -0.399 e. The van der Waals surface area contributed by atoms with Gasteiger partial charge in [0.2, 0.25) is 0 Å². The summed E-state index contributed by atoms with van der Waals surface area (Å²) in [5, 5.41) is 5.63. The molecule has 10 heteroatoms. The van der Waals surface area contributed by atoms with Gasteiger partial charge in [0.1, 0.15) is 14.2 Å². The molecular weight excluding hydrogens is 318 g/mol. The molecule has 0 atom stereocenters. The molecule has 0 aromatic heterocycles. The van der Waals surface area contributed by atoms with Gasteiger partial charge in [-0.15, -0.1) is 0 Å². The van der Waals surface area contributed by atoms with E-state index in [0.717, 1.165) is 32.4 Å². The maximum Gasteiger partial charge on any atom is 0.437 e. The zero-order valence-electron chi connectivity index (χ0n) is 11.3. The predicted molar refractivity (Wildman–Crippen MR) is 65.6 cm³/mol. The van der Waals surface area contributed by atoms with Gasteiger partial charge in [-0.1, -0.05) is 28.5 Å². The SMILES string of the molecule is CON=C(c1cccc(C(=NOC)C(F)(F)F)c1)C(F)(F)F. The molecule has 1 aromatic carbocycles. The minimum absolute atomic E-state index is 0.597. The van der Waals surface area contributed by atoms with Gasteiger partial charge in [-0.05, 0) is 6.07 Å². The molecule has 22 heavy (non-hydrogen) atoms. The molecule has 0 aliphatic carbocycles. The van der Waals surface area contributed by atoms with Crippen LogP contribution in [0.2, 0.25) is 0 Å². The Labute approximate surface area is 121 Å². The number of rotatable bonds is 4. The first-order chi connectivity index (χ1) is 10.1. The Hall–Kier alpha value is -2.26. The third kappa shape index (κ3) is 4.37. The molecule has 0 N–H and O–H groups in total. The summed E-state index contributed by atoms with van der Waals surface area (Å²) in [6, 6.07) is 3.57. The zero-order chi connectivity index (χ0) is 17.0. The highest BCUT2D eigenvalue weighted by Gasteiger charge is 2.40. The van der Waals surface area contributed by atoms with Crippen molar-refractivity contribution >= 4 is 11.4 Å². The normalized spacial score (nSPS) is 14.0. The average molecular weight is 328 g/mol. The predicted octanol–water partition coefficient (Wildman–Crippen LogP) is 3.51. The minimum atomic E-state index is -4.90. The molecule has 0 saturated carbocycles. The number of hydrogen-bond donors (Lipinski definition) is 0. The van der Waals surface area contributed by atoms with E-state index in [4.69, 9.17) is 0 Å². The van der Waals surface area contributed by atoms with Crippen molar-refractivity contribution in [3.63, 3.8) is 0 Å². The molecule has 0 saturated heterocycles. The van der Waals surface area contributed by atoms with Crippen molar-refractivity contribution in [2.75, 3.05) is 14.2 Å². The molecular formula is C12H10F6N2O2. The summed E-state index contributed by atoms with van der Waals surface area (Å²) >= 11 is 0. The number of alkyl halides is 6. The molecule has 0 unspecified atom stereocenters. The van der Waals surface area contributed by atoms with E-state index in [1.54, 1.807) is 0 Å². The van der Waals surface area contributed by atoms with Crippen LogP contribution in [-0.4, -0.2) is 38.0 Å². The summed E-state index contributed by atoms with van der Waals surface area (Å²) in [6.45, 7) is 0. The molecule has 0 aliphatic heterocycles. The standard InChI is InChI=1S/C12H10F6N2O2/c1-21-19-9(11(13,14)15)7-4-3-5-8(6-7)10(20-22-2)12(16,17)18/h3-6H,1-2H3. The molecule has 0 heterocycles. The third-order valence-corrected chi connectivity index (χ3v) is 2.31. The number of benzene rings is 1. The fourth-order valence-corrected chi connectivity index (χ4v) is 1.53. The van der Waals surface area contributed by atoms with Gasteiger partial charge in [-0.3, -0.25) is 0 Å². The van der Waals surface area contributed by atoms with Crippen LogP contribution in [0, 0.1) is 0 Å². The second-order valence-corrected chi connectivity index (χ2v) is 3.82. The van der Waals surface area contributed by atoms with Gasteiger partial charge in [-0.2, -0.15) is 26.3 Å². The van der Waals surface area contributed by atoms with Crippen molar-refractivity contribution in [3.05, 3.63) is 35.4 Å². The van der Waals surface area contributed by atoms with Gasteiger partial charge >= 0.3 is 12.4 Å². The molecule has 1 aromatic rings. The van der Waals surface area contributed by atoms with E-state index in [1.165, 1.54) is 0 Å². The first-order valence-electron chi connectivity index (χ1n) is 5.58.